The Bertz CT molecular complexity index is 482. The van der Waals surface area contributed by atoms with E-state index in [1.807, 2.05) is 4.90 Å². The van der Waals surface area contributed by atoms with Crippen LogP contribution in [-0.2, 0) is 0 Å². The molecule has 2 aliphatic rings. The summed E-state index contributed by atoms with van der Waals surface area (Å²) in [5.74, 6) is 5.04. The normalized spacial score (nSPS) is 27.0. The van der Waals surface area contributed by atoms with Crippen molar-refractivity contribution in [3.63, 3.8) is 0 Å². The number of aromatic nitrogens is 2. The maximum Gasteiger partial charge on any atom is 0.240 e. The topological polar surface area (TPSA) is 70.3 Å². The molecule has 2 atom stereocenters. The summed E-state index contributed by atoms with van der Waals surface area (Å²) >= 11 is 5.75. The number of rotatable bonds is 2. The van der Waals surface area contributed by atoms with Gasteiger partial charge in [-0.15, -0.1) is 0 Å². The third-order valence-corrected chi connectivity index (χ3v) is 3.96. The molecule has 8 heteroatoms. The minimum atomic E-state index is -0.578. The number of likely N-dealkylation sites (N-methyl/N-ethyl adjacent to an activating group) is 1. The number of hydrogen-bond donors (Lipinski definition) is 2. The van der Waals surface area contributed by atoms with Crippen LogP contribution >= 0.6 is 11.6 Å². The van der Waals surface area contributed by atoms with Crippen molar-refractivity contribution in [2.24, 2.45) is 5.84 Å². The summed E-state index contributed by atoms with van der Waals surface area (Å²) in [7, 11) is 2.08. The Morgan fingerprint density at radius 2 is 2.17 bits per heavy atom. The molecule has 0 saturated carbocycles. The Morgan fingerprint density at radius 1 is 1.39 bits per heavy atom. The van der Waals surface area contributed by atoms with E-state index in [1.54, 1.807) is 0 Å². The van der Waals surface area contributed by atoms with Crippen LogP contribution in [0.5, 0.6) is 0 Å². The zero-order valence-electron chi connectivity index (χ0n) is 9.90. The Labute approximate surface area is 109 Å². The van der Waals surface area contributed by atoms with Crippen LogP contribution in [0.25, 0.3) is 0 Å². The third-order valence-electron chi connectivity index (χ3n) is 3.71. The first-order valence-corrected chi connectivity index (χ1v) is 6.14. The van der Waals surface area contributed by atoms with Crippen molar-refractivity contribution >= 4 is 23.4 Å². The highest BCUT2D eigenvalue weighted by Crippen LogP contribution is 2.35. The maximum absolute atomic E-state index is 14.0. The van der Waals surface area contributed by atoms with E-state index in [2.05, 4.69) is 27.3 Å². The van der Waals surface area contributed by atoms with Crippen molar-refractivity contribution in [3.05, 3.63) is 11.0 Å². The second-order valence-electron chi connectivity index (χ2n) is 4.76. The molecule has 2 saturated heterocycles. The lowest BCUT2D eigenvalue weighted by molar-refractivity contribution is 0.291. The monoisotopic (exact) mass is 272 g/mol. The molecule has 0 amide bonds. The summed E-state index contributed by atoms with van der Waals surface area (Å²) < 4.78 is 14.0. The first kappa shape index (κ1) is 11.9. The summed E-state index contributed by atoms with van der Waals surface area (Å²) in [5, 5.41) is -0.205. The van der Waals surface area contributed by atoms with Crippen molar-refractivity contribution in [2.45, 2.75) is 18.5 Å². The maximum atomic E-state index is 14.0. The molecule has 1 aromatic rings. The lowest BCUT2D eigenvalue weighted by Gasteiger charge is -2.33. The van der Waals surface area contributed by atoms with Crippen LogP contribution in [-0.4, -0.2) is 47.1 Å². The number of likely N-dealkylation sites (tertiary alicyclic amines) is 1. The van der Waals surface area contributed by atoms with Crippen LogP contribution in [0.1, 0.15) is 6.42 Å². The van der Waals surface area contributed by atoms with E-state index < -0.39 is 5.82 Å². The molecule has 98 valence electrons. The number of halogens is 2. The molecule has 0 radical (unpaired) electrons. The van der Waals surface area contributed by atoms with Gasteiger partial charge in [-0.25, -0.2) is 5.84 Å². The van der Waals surface area contributed by atoms with E-state index >= 15 is 0 Å². The van der Waals surface area contributed by atoms with Crippen molar-refractivity contribution in [1.82, 2.24) is 14.9 Å². The summed E-state index contributed by atoms with van der Waals surface area (Å²) in [6.45, 7) is 1.67. The molecule has 2 aliphatic heterocycles. The van der Waals surface area contributed by atoms with Gasteiger partial charge in [-0.1, -0.05) is 11.6 Å². The van der Waals surface area contributed by atoms with E-state index in [-0.39, 0.29) is 23.0 Å². The van der Waals surface area contributed by atoms with Crippen molar-refractivity contribution < 1.29 is 4.39 Å². The molecule has 3 rings (SSSR count). The Hall–Kier alpha value is -1.18. The Balaban J connectivity index is 1.96. The second kappa shape index (κ2) is 4.18. The van der Waals surface area contributed by atoms with Crippen LogP contribution in [0.4, 0.5) is 16.2 Å². The molecule has 0 unspecified atom stereocenters. The smallest absolute Gasteiger partial charge is 0.240 e. The number of nitrogens with one attached hydrogen (secondary N) is 1. The van der Waals surface area contributed by atoms with Gasteiger partial charge >= 0.3 is 0 Å². The van der Waals surface area contributed by atoms with Gasteiger partial charge in [0, 0.05) is 25.2 Å². The van der Waals surface area contributed by atoms with Gasteiger partial charge in [0.15, 0.2) is 11.0 Å². The fraction of sp³-hybridized carbons (Fsp3) is 0.600. The predicted molar refractivity (Wildman–Crippen MR) is 67.0 cm³/mol. The molecule has 6 nitrogen and oxygen atoms in total. The van der Waals surface area contributed by atoms with Crippen LogP contribution in [0.15, 0.2) is 0 Å². The number of nitrogens with two attached hydrogens (primary N) is 1. The van der Waals surface area contributed by atoms with Gasteiger partial charge in [-0.05, 0) is 13.5 Å². The fourth-order valence-electron chi connectivity index (χ4n) is 2.79. The molecule has 0 aromatic carbocycles. The molecule has 3 heterocycles. The number of hydrazine groups is 1. The van der Waals surface area contributed by atoms with Crippen LogP contribution in [0.3, 0.4) is 0 Å². The molecule has 0 spiro atoms. The van der Waals surface area contributed by atoms with Crippen molar-refractivity contribution in [2.75, 3.05) is 30.5 Å². The summed E-state index contributed by atoms with van der Waals surface area (Å²) in [6.07, 6.45) is 1.03. The van der Waals surface area contributed by atoms with Crippen molar-refractivity contribution in [3.8, 4) is 0 Å². The molecule has 0 aliphatic carbocycles. The molecular formula is C10H14ClFN6. The number of nitrogen functional groups attached to an aromatic ring is 1. The highest BCUT2D eigenvalue weighted by molar-refractivity contribution is 6.29. The SMILES string of the molecule is CN1C[C@@H]2C[C@H]1CN2c1nc(NN)nc(Cl)c1F. The van der Waals surface area contributed by atoms with Crippen LogP contribution < -0.4 is 16.2 Å². The van der Waals surface area contributed by atoms with E-state index in [0.29, 0.717) is 6.04 Å². The average Bonchev–Trinajstić information content (AvgIpc) is 2.91. The van der Waals surface area contributed by atoms with E-state index in [0.717, 1.165) is 19.5 Å². The minimum Gasteiger partial charge on any atom is -0.348 e. The van der Waals surface area contributed by atoms with Crippen LogP contribution in [0, 0.1) is 5.82 Å². The van der Waals surface area contributed by atoms with E-state index in [9.17, 15) is 4.39 Å². The average molecular weight is 273 g/mol. The van der Waals surface area contributed by atoms with Crippen LogP contribution in [0.2, 0.25) is 5.15 Å². The fourth-order valence-corrected chi connectivity index (χ4v) is 2.95. The summed E-state index contributed by atoms with van der Waals surface area (Å²) in [6, 6.07) is 0.739. The third kappa shape index (κ3) is 1.70. The second-order valence-corrected chi connectivity index (χ2v) is 5.11. The van der Waals surface area contributed by atoms with Gasteiger partial charge in [-0.3, -0.25) is 10.3 Å². The number of anilines is 2. The van der Waals surface area contributed by atoms with E-state index in [1.165, 1.54) is 0 Å². The highest BCUT2D eigenvalue weighted by Gasteiger charge is 2.43. The minimum absolute atomic E-state index is 0.132. The van der Waals surface area contributed by atoms with Gasteiger partial charge in [0.2, 0.25) is 11.8 Å². The van der Waals surface area contributed by atoms with Gasteiger partial charge in [0.1, 0.15) is 0 Å². The lowest BCUT2D eigenvalue weighted by atomic mass is 10.2. The quantitative estimate of drug-likeness (QED) is 0.463. The lowest BCUT2D eigenvalue weighted by Crippen LogP contribution is -2.45. The van der Waals surface area contributed by atoms with Gasteiger partial charge in [0.25, 0.3) is 0 Å². The van der Waals surface area contributed by atoms with E-state index in [4.69, 9.17) is 17.4 Å². The first-order valence-electron chi connectivity index (χ1n) is 5.76. The first-order chi connectivity index (χ1) is 8.60. The molecule has 1 aromatic heterocycles. The zero-order valence-corrected chi connectivity index (χ0v) is 10.7. The van der Waals surface area contributed by atoms with Gasteiger partial charge in [-0.2, -0.15) is 14.4 Å². The molecule has 18 heavy (non-hydrogen) atoms. The Morgan fingerprint density at radius 3 is 2.72 bits per heavy atom. The molecule has 2 bridgehead atoms. The molecular weight excluding hydrogens is 259 g/mol. The number of nitrogens with zero attached hydrogens (tertiary/aromatic N) is 4. The summed E-state index contributed by atoms with van der Waals surface area (Å²) in [4.78, 5) is 12.0. The van der Waals surface area contributed by atoms with Crippen molar-refractivity contribution in [1.29, 1.82) is 0 Å². The number of fused-ring (bicyclic) bond motifs is 2. The standard InChI is InChI=1S/C10H14ClFN6/c1-17-3-6-2-5(17)4-18(6)9-7(12)8(11)14-10(15-9)16-13/h5-6H,2-4,13H2,1H3,(H,14,15,16)/t5-,6-/m0/s1. The highest BCUT2D eigenvalue weighted by atomic mass is 35.5. The molecule has 2 fully saturated rings. The number of piperazine rings is 1. The Kier molecular flexibility index (Phi) is 2.76. The largest absolute Gasteiger partial charge is 0.348 e. The molecule has 3 N–H and O–H groups in total. The summed E-state index contributed by atoms with van der Waals surface area (Å²) in [5.41, 5.74) is 2.30. The van der Waals surface area contributed by atoms with Gasteiger partial charge in [0.05, 0.1) is 0 Å². The number of hydrogen-bond acceptors (Lipinski definition) is 6. The van der Waals surface area contributed by atoms with Gasteiger partial charge < -0.3 is 4.90 Å². The predicted octanol–water partition coefficient (Wildman–Crippen LogP) is 0.447. The zero-order chi connectivity index (χ0) is 12.9.